The normalized spacial score (nSPS) is 23.0. The van der Waals surface area contributed by atoms with Crippen molar-refractivity contribution >= 4 is 29.7 Å². The minimum atomic E-state index is -0.0563. The standard InChI is InChI=1S/C18H21ClN4O2S/c19-13-5-3-12(4-6-13)17-21-22-18(26)23(17)10-16(24)20-14-7-8-25-15(9-14)11-1-2-11/h3-6,11,14-15H,1-2,7-10H2,(H,20,24)(H,22,26)/t14-,15+/m1/s1. The molecule has 1 aliphatic carbocycles. The first-order chi connectivity index (χ1) is 12.6. The summed E-state index contributed by atoms with van der Waals surface area (Å²) in [7, 11) is 0. The van der Waals surface area contributed by atoms with Crippen molar-refractivity contribution in [3.63, 3.8) is 0 Å². The third-order valence-electron chi connectivity index (χ3n) is 4.99. The summed E-state index contributed by atoms with van der Waals surface area (Å²) < 4.78 is 7.96. The van der Waals surface area contributed by atoms with Crippen LogP contribution in [0.1, 0.15) is 25.7 Å². The number of ether oxygens (including phenoxy) is 1. The summed E-state index contributed by atoms with van der Waals surface area (Å²) in [4.78, 5) is 12.6. The van der Waals surface area contributed by atoms with Crippen LogP contribution in [0.3, 0.4) is 0 Å². The van der Waals surface area contributed by atoms with E-state index in [0.29, 0.717) is 34.2 Å². The van der Waals surface area contributed by atoms with E-state index in [2.05, 4.69) is 15.5 Å². The van der Waals surface area contributed by atoms with Crippen molar-refractivity contribution in [3.8, 4) is 11.4 Å². The largest absolute Gasteiger partial charge is 0.378 e. The number of amides is 1. The van der Waals surface area contributed by atoms with Crippen LogP contribution >= 0.6 is 23.8 Å². The average Bonchev–Trinajstić information content (AvgIpc) is 3.42. The highest BCUT2D eigenvalue weighted by Crippen LogP contribution is 2.38. The van der Waals surface area contributed by atoms with Gasteiger partial charge in [-0.1, -0.05) is 11.6 Å². The highest BCUT2D eigenvalue weighted by Gasteiger charge is 2.36. The van der Waals surface area contributed by atoms with Crippen LogP contribution in [0.25, 0.3) is 11.4 Å². The van der Waals surface area contributed by atoms with Crippen LogP contribution in [0.2, 0.25) is 5.02 Å². The quantitative estimate of drug-likeness (QED) is 0.765. The van der Waals surface area contributed by atoms with Gasteiger partial charge in [0.25, 0.3) is 0 Å². The predicted octanol–water partition coefficient (Wildman–Crippen LogP) is 3.33. The molecule has 4 rings (SSSR count). The van der Waals surface area contributed by atoms with Gasteiger partial charge in [0, 0.05) is 23.2 Å². The molecule has 2 atom stereocenters. The van der Waals surface area contributed by atoms with E-state index in [4.69, 9.17) is 28.6 Å². The molecule has 26 heavy (non-hydrogen) atoms. The SMILES string of the molecule is O=C(Cn1c(-c2ccc(Cl)cc2)n[nH]c1=S)N[C@@H]1CCO[C@H](C2CC2)C1. The number of hydrogen-bond acceptors (Lipinski definition) is 4. The Balaban J connectivity index is 1.43. The van der Waals surface area contributed by atoms with Crippen LogP contribution in [0, 0.1) is 10.7 Å². The average molecular weight is 393 g/mol. The Morgan fingerprint density at radius 3 is 2.85 bits per heavy atom. The summed E-state index contributed by atoms with van der Waals surface area (Å²) >= 11 is 11.2. The number of nitrogens with zero attached hydrogens (tertiary/aromatic N) is 2. The topological polar surface area (TPSA) is 71.9 Å². The molecule has 0 spiro atoms. The van der Waals surface area contributed by atoms with Crippen molar-refractivity contribution in [1.82, 2.24) is 20.1 Å². The number of H-pyrrole nitrogens is 1. The number of carbonyl (C=O) groups excluding carboxylic acids is 1. The Morgan fingerprint density at radius 2 is 2.12 bits per heavy atom. The van der Waals surface area contributed by atoms with Crippen molar-refractivity contribution < 1.29 is 9.53 Å². The second kappa shape index (κ2) is 7.50. The van der Waals surface area contributed by atoms with Gasteiger partial charge in [-0.05, 0) is 68.1 Å². The molecule has 138 valence electrons. The maximum absolute atomic E-state index is 12.6. The Labute approximate surface area is 161 Å². The zero-order chi connectivity index (χ0) is 18.1. The van der Waals surface area contributed by atoms with Crippen molar-refractivity contribution in [2.45, 2.75) is 44.4 Å². The summed E-state index contributed by atoms with van der Waals surface area (Å²) in [5, 5.41) is 10.8. The lowest BCUT2D eigenvalue weighted by Gasteiger charge is -2.30. The van der Waals surface area contributed by atoms with Gasteiger partial charge in [-0.2, -0.15) is 5.10 Å². The van der Waals surface area contributed by atoms with Crippen LogP contribution in [0.15, 0.2) is 24.3 Å². The number of hydrogen-bond donors (Lipinski definition) is 2. The van der Waals surface area contributed by atoms with Gasteiger partial charge in [-0.25, -0.2) is 0 Å². The van der Waals surface area contributed by atoms with E-state index in [9.17, 15) is 4.79 Å². The molecule has 2 aliphatic rings. The molecule has 2 fully saturated rings. The van der Waals surface area contributed by atoms with Gasteiger partial charge in [-0.3, -0.25) is 14.5 Å². The molecule has 0 radical (unpaired) electrons. The first-order valence-corrected chi connectivity index (χ1v) is 9.71. The lowest BCUT2D eigenvalue weighted by molar-refractivity contribution is -0.123. The van der Waals surface area contributed by atoms with Crippen LogP contribution in [-0.2, 0) is 16.1 Å². The fraction of sp³-hybridized carbons (Fsp3) is 0.500. The second-order valence-electron chi connectivity index (χ2n) is 6.98. The smallest absolute Gasteiger partial charge is 0.240 e. The fourth-order valence-electron chi connectivity index (χ4n) is 3.46. The lowest BCUT2D eigenvalue weighted by atomic mass is 10.00. The number of carbonyl (C=O) groups is 1. The molecule has 0 bridgehead atoms. The maximum Gasteiger partial charge on any atom is 0.240 e. The Bertz CT molecular complexity index is 844. The fourth-order valence-corrected chi connectivity index (χ4v) is 3.78. The number of nitrogens with one attached hydrogen (secondary N) is 2. The highest BCUT2D eigenvalue weighted by atomic mass is 35.5. The lowest BCUT2D eigenvalue weighted by Crippen LogP contribution is -2.43. The Morgan fingerprint density at radius 1 is 1.35 bits per heavy atom. The van der Waals surface area contributed by atoms with Gasteiger partial charge >= 0.3 is 0 Å². The van der Waals surface area contributed by atoms with Gasteiger partial charge in [0.2, 0.25) is 5.91 Å². The number of aromatic nitrogens is 3. The third kappa shape index (κ3) is 4.00. The predicted molar refractivity (Wildman–Crippen MR) is 101 cm³/mol. The molecule has 6 nitrogen and oxygen atoms in total. The number of aromatic amines is 1. The molecule has 2 aromatic rings. The molecular weight excluding hydrogens is 372 g/mol. The number of rotatable bonds is 5. The minimum Gasteiger partial charge on any atom is -0.378 e. The molecule has 2 N–H and O–H groups in total. The molecule has 2 heterocycles. The van der Waals surface area contributed by atoms with Crippen LogP contribution in [-0.4, -0.2) is 39.4 Å². The van der Waals surface area contributed by atoms with Crippen molar-refractivity contribution in [3.05, 3.63) is 34.1 Å². The minimum absolute atomic E-state index is 0.0563. The Hall–Kier alpha value is -1.70. The van der Waals surface area contributed by atoms with Gasteiger partial charge in [0.15, 0.2) is 10.6 Å². The van der Waals surface area contributed by atoms with Crippen molar-refractivity contribution in [2.75, 3.05) is 6.61 Å². The summed E-state index contributed by atoms with van der Waals surface area (Å²) in [6.45, 7) is 0.853. The number of benzene rings is 1. The molecule has 8 heteroatoms. The molecule has 1 amide bonds. The third-order valence-corrected chi connectivity index (χ3v) is 5.55. The van der Waals surface area contributed by atoms with Crippen LogP contribution in [0.5, 0.6) is 0 Å². The molecule has 0 unspecified atom stereocenters. The van der Waals surface area contributed by atoms with E-state index in [-0.39, 0.29) is 18.5 Å². The van der Waals surface area contributed by atoms with Crippen LogP contribution in [0.4, 0.5) is 0 Å². The van der Waals surface area contributed by atoms with E-state index >= 15 is 0 Å². The molecular formula is C18H21ClN4O2S. The summed E-state index contributed by atoms with van der Waals surface area (Å²) in [6, 6.07) is 7.47. The number of halogens is 1. The van der Waals surface area contributed by atoms with Gasteiger partial charge in [0.05, 0.1) is 6.10 Å². The van der Waals surface area contributed by atoms with Gasteiger partial charge < -0.3 is 10.1 Å². The first-order valence-electron chi connectivity index (χ1n) is 8.92. The summed E-state index contributed by atoms with van der Waals surface area (Å²) in [5.41, 5.74) is 0.856. The van der Waals surface area contributed by atoms with Gasteiger partial charge in [0.1, 0.15) is 6.54 Å². The van der Waals surface area contributed by atoms with E-state index in [1.807, 2.05) is 12.1 Å². The Kier molecular flexibility index (Phi) is 5.11. The van der Waals surface area contributed by atoms with Crippen LogP contribution < -0.4 is 5.32 Å². The van der Waals surface area contributed by atoms with Crippen molar-refractivity contribution in [1.29, 1.82) is 0 Å². The molecule has 1 aliphatic heterocycles. The summed E-state index contributed by atoms with van der Waals surface area (Å²) in [6.07, 6.45) is 4.56. The highest BCUT2D eigenvalue weighted by molar-refractivity contribution is 7.71. The van der Waals surface area contributed by atoms with Crippen molar-refractivity contribution in [2.24, 2.45) is 5.92 Å². The molecule has 1 aromatic heterocycles. The molecule has 1 saturated carbocycles. The van der Waals surface area contributed by atoms with E-state index in [0.717, 1.165) is 18.4 Å². The zero-order valence-electron chi connectivity index (χ0n) is 14.3. The first kappa shape index (κ1) is 17.7. The monoisotopic (exact) mass is 392 g/mol. The molecule has 1 aromatic carbocycles. The van der Waals surface area contributed by atoms with E-state index in [1.54, 1.807) is 16.7 Å². The second-order valence-corrected chi connectivity index (χ2v) is 7.80. The zero-order valence-corrected chi connectivity index (χ0v) is 15.9. The van der Waals surface area contributed by atoms with E-state index in [1.165, 1.54) is 12.8 Å². The summed E-state index contributed by atoms with van der Waals surface area (Å²) in [5.74, 6) is 1.26. The maximum atomic E-state index is 12.6. The van der Waals surface area contributed by atoms with Gasteiger partial charge in [-0.15, -0.1) is 0 Å². The molecule has 1 saturated heterocycles. The van der Waals surface area contributed by atoms with E-state index < -0.39 is 0 Å².